The summed E-state index contributed by atoms with van der Waals surface area (Å²) < 4.78 is 38.3. The molecule has 0 atom stereocenters. The van der Waals surface area contributed by atoms with Crippen molar-refractivity contribution in [1.82, 2.24) is 4.31 Å². The predicted octanol–water partition coefficient (Wildman–Crippen LogP) is 2.87. The Bertz CT molecular complexity index is 904. The van der Waals surface area contributed by atoms with Crippen molar-refractivity contribution >= 4 is 21.6 Å². The van der Waals surface area contributed by atoms with E-state index in [2.05, 4.69) is 5.32 Å². The monoisotopic (exact) mass is 434 g/mol. The molecule has 1 aromatic carbocycles. The van der Waals surface area contributed by atoms with Gasteiger partial charge in [0.05, 0.1) is 36.3 Å². The van der Waals surface area contributed by atoms with Gasteiger partial charge in [-0.15, -0.1) is 0 Å². The summed E-state index contributed by atoms with van der Waals surface area (Å²) in [5, 5.41) is 3.06. The summed E-state index contributed by atoms with van der Waals surface area (Å²) >= 11 is 0. The number of benzene rings is 1. The molecule has 1 N–H and O–H groups in total. The first-order valence-corrected chi connectivity index (χ1v) is 12.4. The van der Waals surface area contributed by atoms with Crippen LogP contribution in [0.5, 0.6) is 5.75 Å². The Balaban J connectivity index is 1.41. The zero-order chi connectivity index (χ0) is 20.9. The van der Waals surface area contributed by atoms with Crippen LogP contribution in [0.15, 0.2) is 23.1 Å². The minimum absolute atomic E-state index is 0.0285. The smallest absolute Gasteiger partial charge is 0.243 e. The van der Waals surface area contributed by atoms with Crippen molar-refractivity contribution < 1.29 is 22.7 Å². The third kappa shape index (κ3) is 3.42. The van der Waals surface area contributed by atoms with E-state index in [-0.39, 0.29) is 16.2 Å². The van der Waals surface area contributed by atoms with Gasteiger partial charge in [0.15, 0.2) is 0 Å². The second-order valence-electron chi connectivity index (χ2n) is 9.53. The van der Waals surface area contributed by atoms with Gasteiger partial charge >= 0.3 is 0 Å². The molecule has 1 heterocycles. The number of nitrogens with zero attached hydrogens (tertiary/aromatic N) is 1. The van der Waals surface area contributed by atoms with Gasteiger partial charge in [0.2, 0.25) is 15.9 Å². The molecule has 5 aliphatic rings. The van der Waals surface area contributed by atoms with Crippen LogP contribution < -0.4 is 10.1 Å². The molecule has 0 aromatic heterocycles. The van der Waals surface area contributed by atoms with E-state index < -0.39 is 10.0 Å². The summed E-state index contributed by atoms with van der Waals surface area (Å²) in [5.41, 5.74) is 0.131. The van der Waals surface area contributed by atoms with Crippen molar-refractivity contribution in [2.24, 2.45) is 23.2 Å². The standard InChI is InChI=1S/C22H30N2O5S/c1-28-20-3-2-18(30(26,27)24-4-6-29-7-5-24)11-19(20)23-21(25)22-12-15-8-16(13-22)10-17(9-15)14-22/h2-3,11,15-17H,4-10,12-14H2,1H3,(H,23,25). The average molecular weight is 435 g/mol. The number of hydrogen-bond donors (Lipinski definition) is 1. The largest absolute Gasteiger partial charge is 0.495 e. The van der Waals surface area contributed by atoms with Crippen LogP contribution in [0, 0.1) is 23.2 Å². The third-order valence-corrected chi connectivity index (χ3v) is 9.44. The molecule has 1 saturated heterocycles. The SMILES string of the molecule is COc1ccc(S(=O)(=O)N2CCOCC2)cc1NC(=O)C12CC3CC(CC(C3)C1)C2. The number of rotatable bonds is 5. The molecule has 4 saturated carbocycles. The van der Waals surface area contributed by atoms with Crippen LogP contribution in [0.2, 0.25) is 0 Å². The zero-order valence-electron chi connectivity index (χ0n) is 17.4. The number of anilines is 1. The maximum Gasteiger partial charge on any atom is 0.243 e. The Hall–Kier alpha value is -1.64. The number of carbonyl (C=O) groups is 1. The number of sulfonamides is 1. The number of hydrogen-bond acceptors (Lipinski definition) is 5. The highest BCUT2D eigenvalue weighted by Crippen LogP contribution is 2.60. The molecule has 4 bridgehead atoms. The van der Waals surface area contributed by atoms with Crippen LogP contribution in [0.4, 0.5) is 5.69 Å². The first kappa shape index (κ1) is 20.3. The highest BCUT2D eigenvalue weighted by molar-refractivity contribution is 7.89. The van der Waals surface area contributed by atoms with Gasteiger partial charge < -0.3 is 14.8 Å². The van der Waals surface area contributed by atoms with Gasteiger partial charge in [-0.3, -0.25) is 4.79 Å². The Morgan fingerprint density at radius 2 is 1.70 bits per heavy atom. The van der Waals surface area contributed by atoms with Crippen LogP contribution in [0.1, 0.15) is 38.5 Å². The molecule has 8 heteroatoms. The molecular weight excluding hydrogens is 404 g/mol. The Morgan fingerprint density at radius 1 is 1.10 bits per heavy atom. The molecule has 5 fully saturated rings. The van der Waals surface area contributed by atoms with E-state index in [0.29, 0.717) is 55.5 Å². The fourth-order valence-electron chi connectivity index (χ4n) is 6.52. The fourth-order valence-corrected chi connectivity index (χ4v) is 7.96. The summed E-state index contributed by atoms with van der Waals surface area (Å²) in [5.74, 6) is 2.50. The molecule has 1 aromatic rings. The van der Waals surface area contributed by atoms with Crippen LogP contribution in [0.25, 0.3) is 0 Å². The van der Waals surface area contributed by atoms with E-state index in [0.717, 1.165) is 19.3 Å². The van der Waals surface area contributed by atoms with E-state index in [9.17, 15) is 13.2 Å². The first-order chi connectivity index (χ1) is 14.4. The number of nitrogens with one attached hydrogen (secondary N) is 1. The molecule has 0 radical (unpaired) electrons. The normalized spacial score (nSPS) is 33.4. The fraction of sp³-hybridized carbons (Fsp3) is 0.682. The van der Waals surface area contributed by atoms with Crippen LogP contribution in [0.3, 0.4) is 0 Å². The van der Waals surface area contributed by atoms with Gasteiger partial charge in [0, 0.05) is 13.1 Å². The Labute approximate surface area is 178 Å². The van der Waals surface area contributed by atoms with Crippen molar-refractivity contribution in [1.29, 1.82) is 0 Å². The Kier molecular flexibility index (Phi) is 5.07. The molecule has 164 valence electrons. The van der Waals surface area contributed by atoms with Gasteiger partial charge in [-0.2, -0.15) is 4.31 Å². The summed E-state index contributed by atoms with van der Waals surface area (Å²) in [7, 11) is -2.11. The zero-order valence-corrected chi connectivity index (χ0v) is 18.2. The summed E-state index contributed by atoms with van der Waals surface area (Å²) in [6.07, 6.45) is 6.67. The molecule has 1 amide bonds. The summed E-state index contributed by atoms with van der Waals surface area (Å²) in [6.45, 7) is 1.46. The van der Waals surface area contributed by atoms with E-state index >= 15 is 0 Å². The van der Waals surface area contributed by atoms with Gasteiger partial charge in [0.25, 0.3) is 0 Å². The van der Waals surface area contributed by atoms with Gasteiger partial charge in [-0.25, -0.2) is 8.42 Å². The number of carbonyl (C=O) groups excluding carboxylic acids is 1. The Morgan fingerprint density at radius 3 is 2.27 bits per heavy atom. The quantitative estimate of drug-likeness (QED) is 0.770. The van der Waals surface area contributed by atoms with Crippen molar-refractivity contribution in [2.45, 2.75) is 43.4 Å². The van der Waals surface area contributed by atoms with Crippen molar-refractivity contribution in [3.8, 4) is 5.75 Å². The maximum absolute atomic E-state index is 13.5. The lowest BCUT2D eigenvalue weighted by atomic mass is 9.49. The summed E-state index contributed by atoms with van der Waals surface area (Å²) in [4.78, 5) is 13.6. The lowest BCUT2D eigenvalue weighted by molar-refractivity contribution is -0.140. The molecular formula is C22H30N2O5S. The number of ether oxygens (including phenoxy) is 2. The molecule has 1 aliphatic heterocycles. The molecule has 6 rings (SSSR count). The van der Waals surface area contributed by atoms with E-state index in [1.54, 1.807) is 18.2 Å². The molecule has 7 nitrogen and oxygen atoms in total. The van der Waals surface area contributed by atoms with Crippen molar-refractivity contribution in [3.05, 3.63) is 18.2 Å². The predicted molar refractivity (Wildman–Crippen MR) is 112 cm³/mol. The minimum Gasteiger partial charge on any atom is -0.495 e. The highest BCUT2D eigenvalue weighted by Gasteiger charge is 2.54. The van der Waals surface area contributed by atoms with Gasteiger partial charge in [-0.1, -0.05) is 0 Å². The molecule has 30 heavy (non-hydrogen) atoms. The highest BCUT2D eigenvalue weighted by atomic mass is 32.2. The lowest BCUT2D eigenvalue weighted by Crippen LogP contribution is -2.51. The summed E-state index contributed by atoms with van der Waals surface area (Å²) in [6, 6.07) is 4.72. The second kappa shape index (κ2) is 7.50. The second-order valence-corrected chi connectivity index (χ2v) is 11.5. The van der Waals surface area contributed by atoms with Crippen LogP contribution in [-0.4, -0.2) is 52.0 Å². The third-order valence-electron chi connectivity index (χ3n) is 7.55. The van der Waals surface area contributed by atoms with Crippen LogP contribution in [-0.2, 0) is 19.6 Å². The van der Waals surface area contributed by atoms with Crippen LogP contribution >= 0.6 is 0 Å². The first-order valence-electron chi connectivity index (χ1n) is 11.0. The average Bonchev–Trinajstić information content (AvgIpc) is 2.73. The van der Waals surface area contributed by atoms with Gasteiger partial charge in [0.1, 0.15) is 5.75 Å². The van der Waals surface area contributed by atoms with Crippen molar-refractivity contribution in [3.63, 3.8) is 0 Å². The maximum atomic E-state index is 13.5. The minimum atomic E-state index is -3.64. The van der Waals surface area contributed by atoms with E-state index in [1.807, 2.05) is 0 Å². The topological polar surface area (TPSA) is 84.9 Å². The molecule has 0 spiro atoms. The number of methoxy groups -OCH3 is 1. The molecule has 4 aliphatic carbocycles. The van der Waals surface area contributed by atoms with Gasteiger partial charge in [-0.05, 0) is 74.5 Å². The van der Waals surface area contributed by atoms with E-state index in [4.69, 9.17) is 9.47 Å². The number of amides is 1. The van der Waals surface area contributed by atoms with E-state index in [1.165, 1.54) is 30.7 Å². The molecule has 0 unspecified atom stereocenters. The number of morpholine rings is 1. The lowest BCUT2D eigenvalue weighted by Gasteiger charge is -2.55. The van der Waals surface area contributed by atoms with Crippen molar-refractivity contribution in [2.75, 3.05) is 38.7 Å².